The number of carbonyl (C=O) groups is 1. The maximum Gasteiger partial charge on any atom is 0.339 e. The molecule has 4 heteroatoms. The van der Waals surface area contributed by atoms with Gasteiger partial charge in [0.2, 0.25) is 0 Å². The van der Waals surface area contributed by atoms with Crippen LogP contribution in [0.1, 0.15) is 12.5 Å². The zero-order valence-electron chi connectivity index (χ0n) is 10.8. The summed E-state index contributed by atoms with van der Waals surface area (Å²) in [6.07, 6.45) is 1.86. The third-order valence-electron chi connectivity index (χ3n) is 3.03. The smallest absolute Gasteiger partial charge is 0.339 e. The number of aliphatic hydroxyl groups is 1. The lowest BCUT2D eigenvalue weighted by Crippen LogP contribution is -2.40. The van der Waals surface area contributed by atoms with Crippen molar-refractivity contribution in [1.29, 1.82) is 0 Å². The highest BCUT2D eigenvalue weighted by atomic mass is 16.5. The van der Waals surface area contributed by atoms with E-state index in [-0.39, 0.29) is 6.54 Å². The summed E-state index contributed by atoms with van der Waals surface area (Å²) in [5.74, 6) is -0.628. The predicted octanol–water partition coefficient (Wildman–Crippen LogP) is 1.87. The first-order valence-corrected chi connectivity index (χ1v) is 5.80. The quantitative estimate of drug-likeness (QED) is 0.842. The molecule has 1 heterocycles. The number of hydrogen-bond acceptors (Lipinski definition) is 3. The van der Waals surface area contributed by atoms with Gasteiger partial charge in [-0.05, 0) is 37.4 Å². The first kappa shape index (κ1) is 12.6. The Bertz CT molecular complexity index is 584. The van der Waals surface area contributed by atoms with E-state index in [4.69, 9.17) is 0 Å². The van der Waals surface area contributed by atoms with Gasteiger partial charge in [0.1, 0.15) is 0 Å². The normalized spacial score (nSPS) is 14.4. The molecule has 0 spiro atoms. The molecule has 0 bridgehead atoms. The summed E-state index contributed by atoms with van der Waals surface area (Å²) in [7, 11) is 1.27. The Labute approximate surface area is 106 Å². The van der Waals surface area contributed by atoms with Crippen molar-refractivity contribution in [2.24, 2.45) is 0 Å². The SMILES string of the molecule is COC(=O)C(C)(O)Cn1ccc2cc(C)ccc21. The number of carbonyl (C=O) groups excluding carboxylic acids is 1. The fourth-order valence-electron chi connectivity index (χ4n) is 2.07. The molecule has 1 N–H and O–H groups in total. The Morgan fingerprint density at radius 3 is 2.83 bits per heavy atom. The minimum atomic E-state index is -1.52. The third-order valence-corrected chi connectivity index (χ3v) is 3.03. The molecule has 0 aliphatic carbocycles. The molecular weight excluding hydrogens is 230 g/mol. The highest BCUT2D eigenvalue weighted by Crippen LogP contribution is 2.20. The minimum Gasteiger partial charge on any atom is -0.467 e. The molecule has 0 aliphatic heterocycles. The molecule has 1 aromatic heterocycles. The van der Waals surface area contributed by atoms with E-state index in [2.05, 4.69) is 10.8 Å². The van der Waals surface area contributed by atoms with Gasteiger partial charge in [0.25, 0.3) is 0 Å². The summed E-state index contributed by atoms with van der Waals surface area (Å²) in [5.41, 5.74) is 0.649. The van der Waals surface area contributed by atoms with Crippen LogP contribution in [-0.4, -0.2) is 28.4 Å². The van der Waals surface area contributed by atoms with Gasteiger partial charge < -0.3 is 14.4 Å². The van der Waals surface area contributed by atoms with Gasteiger partial charge in [-0.3, -0.25) is 0 Å². The van der Waals surface area contributed by atoms with E-state index in [0.717, 1.165) is 10.9 Å². The van der Waals surface area contributed by atoms with Crippen molar-refractivity contribution in [2.75, 3.05) is 7.11 Å². The Hall–Kier alpha value is -1.81. The van der Waals surface area contributed by atoms with Gasteiger partial charge in [-0.25, -0.2) is 4.79 Å². The maximum atomic E-state index is 11.5. The molecule has 1 unspecified atom stereocenters. The van der Waals surface area contributed by atoms with Crippen LogP contribution in [0.4, 0.5) is 0 Å². The molecule has 0 fully saturated rings. The largest absolute Gasteiger partial charge is 0.467 e. The number of benzene rings is 1. The summed E-state index contributed by atoms with van der Waals surface area (Å²) in [6.45, 7) is 3.66. The van der Waals surface area contributed by atoms with Crippen molar-refractivity contribution in [3.05, 3.63) is 36.0 Å². The molecule has 0 radical (unpaired) electrons. The molecule has 96 valence electrons. The van der Waals surface area contributed by atoms with E-state index in [1.54, 1.807) is 0 Å². The lowest BCUT2D eigenvalue weighted by Gasteiger charge is -2.21. The number of aryl methyl sites for hydroxylation is 1. The van der Waals surface area contributed by atoms with Crippen molar-refractivity contribution >= 4 is 16.9 Å². The van der Waals surface area contributed by atoms with E-state index in [1.165, 1.54) is 19.6 Å². The zero-order chi connectivity index (χ0) is 13.3. The Morgan fingerprint density at radius 2 is 2.17 bits per heavy atom. The van der Waals surface area contributed by atoms with Gasteiger partial charge in [0, 0.05) is 11.7 Å². The van der Waals surface area contributed by atoms with Crippen LogP contribution in [0.2, 0.25) is 0 Å². The molecule has 18 heavy (non-hydrogen) atoms. The Balaban J connectivity index is 2.35. The number of esters is 1. The van der Waals surface area contributed by atoms with Gasteiger partial charge >= 0.3 is 5.97 Å². The molecule has 2 rings (SSSR count). The molecular formula is C14H17NO3. The van der Waals surface area contributed by atoms with Crippen molar-refractivity contribution in [1.82, 2.24) is 4.57 Å². The van der Waals surface area contributed by atoms with E-state index in [0.29, 0.717) is 0 Å². The number of nitrogens with zero attached hydrogens (tertiary/aromatic N) is 1. The summed E-state index contributed by atoms with van der Waals surface area (Å²) >= 11 is 0. The second kappa shape index (κ2) is 4.46. The van der Waals surface area contributed by atoms with Gasteiger partial charge in [0.15, 0.2) is 5.60 Å². The molecule has 0 aliphatic rings. The first-order valence-electron chi connectivity index (χ1n) is 5.80. The summed E-state index contributed by atoms with van der Waals surface area (Å²) in [6, 6.07) is 8.03. The number of aromatic nitrogens is 1. The van der Waals surface area contributed by atoms with E-state index >= 15 is 0 Å². The highest BCUT2D eigenvalue weighted by molar-refractivity contribution is 5.82. The lowest BCUT2D eigenvalue weighted by atomic mass is 10.1. The number of rotatable bonds is 3. The van der Waals surface area contributed by atoms with Crippen LogP contribution in [0, 0.1) is 6.92 Å². The van der Waals surface area contributed by atoms with E-state index < -0.39 is 11.6 Å². The fourth-order valence-corrected chi connectivity index (χ4v) is 2.07. The molecule has 1 atom stereocenters. The van der Waals surface area contributed by atoms with Crippen molar-refractivity contribution < 1.29 is 14.6 Å². The number of fused-ring (bicyclic) bond motifs is 1. The molecule has 4 nitrogen and oxygen atoms in total. The van der Waals surface area contributed by atoms with Crippen molar-refractivity contribution in [3.8, 4) is 0 Å². The Morgan fingerprint density at radius 1 is 1.44 bits per heavy atom. The second-order valence-electron chi connectivity index (χ2n) is 4.77. The van der Waals surface area contributed by atoms with E-state index in [1.807, 2.05) is 35.9 Å². The van der Waals surface area contributed by atoms with Crippen molar-refractivity contribution in [3.63, 3.8) is 0 Å². The van der Waals surface area contributed by atoms with Gasteiger partial charge in [-0.15, -0.1) is 0 Å². The molecule has 0 amide bonds. The zero-order valence-corrected chi connectivity index (χ0v) is 10.8. The molecule has 0 saturated carbocycles. The van der Waals surface area contributed by atoms with Crippen LogP contribution in [0.25, 0.3) is 10.9 Å². The third kappa shape index (κ3) is 2.24. The average molecular weight is 247 g/mol. The summed E-state index contributed by atoms with van der Waals surface area (Å²) in [4.78, 5) is 11.5. The topological polar surface area (TPSA) is 51.5 Å². The number of ether oxygens (including phenoxy) is 1. The van der Waals surface area contributed by atoms with Gasteiger partial charge in [-0.1, -0.05) is 11.6 Å². The van der Waals surface area contributed by atoms with Crippen LogP contribution >= 0.6 is 0 Å². The maximum absolute atomic E-state index is 11.5. The molecule has 1 aromatic carbocycles. The van der Waals surface area contributed by atoms with Gasteiger partial charge in [-0.2, -0.15) is 0 Å². The minimum absolute atomic E-state index is 0.173. The lowest BCUT2D eigenvalue weighted by molar-refractivity contribution is -0.161. The average Bonchev–Trinajstić information content (AvgIpc) is 2.69. The highest BCUT2D eigenvalue weighted by Gasteiger charge is 2.32. The number of methoxy groups -OCH3 is 1. The van der Waals surface area contributed by atoms with Crippen molar-refractivity contribution in [2.45, 2.75) is 26.0 Å². The Kier molecular flexibility index (Phi) is 3.13. The first-order chi connectivity index (χ1) is 8.44. The fraction of sp³-hybridized carbons (Fsp3) is 0.357. The standard InChI is InChI=1S/C14H17NO3/c1-10-4-5-12-11(8-10)6-7-15(12)9-14(2,17)13(16)18-3/h4-8,17H,9H2,1-3H3. The molecule has 2 aromatic rings. The van der Waals surface area contributed by atoms with Crippen LogP contribution in [0.5, 0.6) is 0 Å². The van der Waals surface area contributed by atoms with Gasteiger partial charge in [0.05, 0.1) is 13.7 Å². The van der Waals surface area contributed by atoms with E-state index in [9.17, 15) is 9.90 Å². The van der Waals surface area contributed by atoms with Crippen LogP contribution in [-0.2, 0) is 16.1 Å². The predicted molar refractivity (Wildman–Crippen MR) is 69.3 cm³/mol. The summed E-state index contributed by atoms with van der Waals surface area (Å²) < 4.78 is 6.45. The number of hydrogen-bond donors (Lipinski definition) is 1. The van der Waals surface area contributed by atoms with Crippen LogP contribution in [0.15, 0.2) is 30.5 Å². The summed E-state index contributed by atoms with van der Waals surface area (Å²) in [5, 5.41) is 11.2. The van der Waals surface area contributed by atoms with Crippen LogP contribution < -0.4 is 0 Å². The van der Waals surface area contributed by atoms with Crippen LogP contribution in [0.3, 0.4) is 0 Å². The second-order valence-corrected chi connectivity index (χ2v) is 4.77. The molecule has 0 saturated heterocycles. The monoisotopic (exact) mass is 247 g/mol.